The second-order valence-electron chi connectivity index (χ2n) is 2.38. The van der Waals surface area contributed by atoms with Crippen molar-refractivity contribution in [3.05, 3.63) is 12.2 Å². The molecule has 4 N–H and O–H groups in total. The van der Waals surface area contributed by atoms with Crippen LogP contribution in [0.3, 0.4) is 0 Å². The fourth-order valence-electron chi connectivity index (χ4n) is 0.584. The first-order chi connectivity index (χ1) is 4.18. The van der Waals surface area contributed by atoms with Gasteiger partial charge in [-0.3, -0.25) is 0 Å². The van der Waals surface area contributed by atoms with Crippen LogP contribution >= 0.6 is 0 Å². The topological polar surface area (TPSA) is 52.0 Å². The van der Waals surface area contributed by atoms with E-state index >= 15 is 0 Å². The molecule has 0 aliphatic heterocycles. The third kappa shape index (κ3) is 4.18. The van der Waals surface area contributed by atoms with E-state index in [1.807, 2.05) is 6.92 Å². The normalized spacial score (nSPS) is 13.2. The SMILES string of the molecule is C=C(C)C(N)CCCN. The largest absolute Gasteiger partial charge is 0.330 e. The Morgan fingerprint density at radius 2 is 2.22 bits per heavy atom. The lowest BCUT2D eigenvalue weighted by Gasteiger charge is -2.08. The predicted octanol–water partition coefficient (Wildman–Crippen LogP) is 0.629. The van der Waals surface area contributed by atoms with E-state index in [0.29, 0.717) is 0 Å². The van der Waals surface area contributed by atoms with Crippen LogP contribution in [0.25, 0.3) is 0 Å². The third-order valence-electron chi connectivity index (χ3n) is 1.35. The monoisotopic (exact) mass is 128 g/mol. The highest BCUT2D eigenvalue weighted by atomic mass is 14.6. The second kappa shape index (κ2) is 4.53. The molecule has 0 aromatic heterocycles. The maximum absolute atomic E-state index is 5.65. The number of nitrogens with two attached hydrogens (primary N) is 2. The molecule has 0 amide bonds. The van der Waals surface area contributed by atoms with Gasteiger partial charge in [-0.15, -0.1) is 0 Å². The van der Waals surface area contributed by atoms with E-state index in [9.17, 15) is 0 Å². The van der Waals surface area contributed by atoms with Gasteiger partial charge in [0.15, 0.2) is 0 Å². The lowest BCUT2D eigenvalue weighted by atomic mass is 10.1. The molecule has 2 nitrogen and oxygen atoms in total. The van der Waals surface area contributed by atoms with Gasteiger partial charge in [-0.2, -0.15) is 0 Å². The second-order valence-corrected chi connectivity index (χ2v) is 2.38. The first-order valence-corrected chi connectivity index (χ1v) is 3.29. The molecule has 0 spiro atoms. The van der Waals surface area contributed by atoms with Crippen LogP contribution in [0.15, 0.2) is 12.2 Å². The molecule has 9 heavy (non-hydrogen) atoms. The minimum absolute atomic E-state index is 0.147. The zero-order valence-electron chi connectivity index (χ0n) is 6.06. The van der Waals surface area contributed by atoms with Crippen LogP contribution in [0.4, 0.5) is 0 Å². The lowest BCUT2D eigenvalue weighted by Crippen LogP contribution is -2.21. The Kier molecular flexibility index (Phi) is 4.36. The van der Waals surface area contributed by atoms with E-state index in [1.54, 1.807) is 0 Å². The fraction of sp³-hybridized carbons (Fsp3) is 0.714. The van der Waals surface area contributed by atoms with Gasteiger partial charge in [0.2, 0.25) is 0 Å². The molecule has 0 bridgehead atoms. The molecular formula is C7H16N2. The maximum atomic E-state index is 5.65. The summed E-state index contributed by atoms with van der Waals surface area (Å²) in [5, 5.41) is 0. The lowest BCUT2D eigenvalue weighted by molar-refractivity contribution is 0.651. The van der Waals surface area contributed by atoms with Crippen molar-refractivity contribution in [2.24, 2.45) is 11.5 Å². The van der Waals surface area contributed by atoms with E-state index in [0.717, 1.165) is 25.0 Å². The Bertz CT molecular complexity index is 88.9. The maximum Gasteiger partial charge on any atom is 0.0248 e. The zero-order valence-corrected chi connectivity index (χ0v) is 6.06. The highest BCUT2D eigenvalue weighted by Crippen LogP contribution is 2.00. The molecule has 1 unspecified atom stereocenters. The van der Waals surface area contributed by atoms with Crippen LogP contribution in [-0.2, 0) is 0 Å². The number of hydrogen-bond donors (Lipinski definition) is 2. The van der Waals surface area contributed by atoms with Crippen molar-refractivity contribution in [3.63, 3.8) is 0 Å². The smallest absolute Gasteiger partial charge is 0.0248 e. The van der Waals surface area contributed by atoms with Crippen LogP contribution in [0.1, 0.15) is 19.8 Å². The summed E-state index contributed by atoms with van der Waals surface area (Å²) in [6.45, 7) is 6.41. The molecule has 0 rings (SSSR count). The van der Waals surface area contributed by atoms with Crippen molar-refractivity contribution >= 4 is 0 Å². The molecule has 0 saturated carbocycles. The molecule has 2 heteroatoms. The van der Waals surface area contributed by atoms with Gasteiger partial charge in [0, 0.05) is 6.04 Å². The molecule has 0 aromatic carbocycles. The average molecular weight is 128 g/mol. The number of hydrogen-bond acceptors (Lipinski definition) is 2. The zero-order chi connectivity index (χ0) is 7.28. The Labute approximate surface area is 56.9 Å². The van der Waals surface area contributed by atoms with Crippen LogP contribution in [0.5, 0.6) is 0 Å². The summed E-state index contributed by atoms with van der Waals surface area (Å²) in [6, 6.07) is 0.147. The van der Waals surface area contributed by atoms with Gasteiger partial charge in [0.05, 0.1) is 0 Å². The summed E-state index contributed by atoms with van der Waals surface area (Å²) in [5.74, 6) is 0. The van der Waals surface area contributed by atoms with Gasteiger partial charge in [-0.25, -0.2) is 0 Å². The van der Waals surface area contributed by atoms with E-state index in [1.165, 1.54) is 0 Å². The summed E-state index contributed by atoms with van der Waals surface area (Å²) in [7, 11) is 0. The van der Waals surface area contributed by atoms with E-state index in [2.05, 4.69) is 6.58 Å². The molecule has 0 aliphatic carbocycles. The molecule has 54 valence electrons. The third-order valence-corrected chi connectivity index (χ3v) is 1.35. The van der Waals surface area contributed by atoms with E-state index < -0.39 is 0 Å². The molecule has 0 aliphatic rings. The summed E-state index contributed by atoms with van der Waals surface area (Å²) in [6.07, 6.45) is 1.96. The van der Waals surface area contributed by atoms with Crippen LogP contribution < -0.4 is 11.5 Å². The van der Waals surface area contributed by atoms with Crippen molar-refractivity contribution in [1.82, 2.24) is 0 Å². The first-order valence-electron chi connectivity index (χ1n) is 3.29. The quantitative estimate of drug-likeness (QED) is 0.545. The van der Waals surface area contributed by atoms with Gasteiger partial charge in [0.1, 0.15) is 0 Å². The van der Waals surface area contributed by atoms with Crippen LogP contribution in [-0.4, -0.2) is 12.6 Å². The van der Waals surface area contributed by atoms with Gasteiger partial charge < -0.3 is 11.5 Å². The summed E-state index contributed by atoms with van der Waals surface area (Å²) >= 11 is 0. The fourth-order valence-corrected chi connectivity index (χ4v) is 0.584. The average Bonchev–Trinajstić information content (AvgIpc) is 1.82. The van der Waals surface area contributed by atoms with E-state index in [-0.39, 0.29) is 6.04 Å². The van der Waals surface area contributed by atoms with Crippen molar-refractivity contribution < 1.29 is 0 Å². The summed E-state index contributed by atoms with van der Waals surface area (Å²) in [5.41, 5.74) is 12.0. The minimum atomic E-state index is 0.147. The minimum Gasteiger partial charge on any atom is -0.330 e. The highest BCUT2D eigenvalue weighted by molar-refractivity contribution is 4.99. The van der Waals surface area contributed by atoms with Crippen LogP contribution in [0, 0.1) is 0 Å². The molecular weight excluding hydrogens is 112 g/mol. The van der Waals surface area contributed by atoms with E-state index in [4.69, 9.17) is 11.5 Å². The highest BCUT2D eigenvalue weighted by Gasteiger charge is 1.99. The van der Waals surface area contributed by atoms with Gasteiger partial charge in [-0.1, -0.05) is 12.2 Å². The predicted molar refractivity (Wildman–Crippen MR) is 41.1 cm³/mol. The Balaban J connectivity index is 3.27. The van der Waals surface area contributed by atoms with Crippen LogP contribution in [0.2, 0.25) is 0 Å². The number of rotatable bonds is 4. The van der Waals surface area contributed by atoms with Gasteiger partial charge >= 0.3 is 0 Å². The molecule has 1 atom stereocenters. The Morgan fingerprint density at radius 3 is 2.56 bits per heavy atom. The van der Waals surface area contributed by atoms with Crippen molar-refractivity contribution in [1.29, 1.82) is 0 Å². The summed E-state index contributed by atoms with van der Waals surface area (Å²) in [4.78, 5) is 0. The summed E-state index contributed by atoms with van der Waals surface area (Å²) < 4.78 is 0. The standard InChI is InChI=1S/C7H16N2/c1-6(2)7(9)4-3-5-8/h7H,1,3-5,8-9H2,2H3. The Morgan fingerprint density at radius 1 is 1.67 bits per heavy atom. The molecule has 0 fully saturated rings. The molecule has 0 radical (unpaired) electrons. The first kappa shape index (κ1) is 8.66. The molecule has 0 aromatic rings. The molecule has 0 heterocycles. The van der Waals surface area contributed by atoms with Crippen molar-refractivity contribution in [2.45, 2.75) is 25.8 Å². The van der Waals surface area contributed by atoms with Crippen molar-refractivity contribution in [2.75, 3.05) is 6.54 Å². The molecule has 0 saturated heterocycles. The van der Waals surface area contributed by atoms with Gasteiger partial charge in [0.25, 0.3) is 0 Å². The Hall–Kier alpha value is -0.340. The van der Waals surface area contributed by atoms with Crippen molar-refractivity contribution in [3.8, 4) is 0 Å². The van der Waals surface area contributed by atoms with Gasteiger partial charge in [-0.05, 0) is 26.3 Å².